The SMILES string of the molecule is CC/C=C\C/C=C\C/C=C\C/C=C\CCCCCCCCCCCCCCCCCCCCCCCCCCC(=O)NC(COP(=O)([O-])OCC[N+](C)(C)C)C(O)/C=C/CC/C=C/CCCCCCCCCCCCCC. The normalized spacial score (nSPS) is 14.2. The Morgan fingerprint density at radius 1 is 0.468 bits per heavy atom. The Labute approximate surface area is 478 Å². The number of phosphoric acid groups is 1. The van der Waals surface area contributed by atoms with Gasteiger partial charge in [0.1, 0.15) is 13.2 Å². The number of likely N-dealkylation sites (N-methyl/N-ethyl adjacent to an activating group) is 1. The molecule has 0 aromatic carbocycles. The predicted octanol–water partition coefficient (Wildman–Crippen LogP) is 20.0. The smallest absolute Gasteiger partial charge is 0.268 e. The lowest BCUT2D eigenvalue weighted by Crippen LogP contribution is -2.45. The molecule has 0 saturated heterocycles. The monoisotopic (exact) mass is 1100 g/mol. The maximum absolute atomic E-state index is 13.0. The van der Waals surface area contributed by atoms with Gasteiger partial charge >= 0.3 is 0 Å². The van der Waals surface area contributed by atoms with E-state index < -0.39 is 26.6 Å². The highest BCUT2D eigenvalue weighted by Gasteiger charge is 2.23. The lowest BCUT2D eigenvalue weighted by atomic mass is 10.0. The Balaban J connectivity index is 3.99. The summed E-state index contributed by atoms with van der Waals surface area (Å²) >= 11 is 0. The summed E-state index contributed by atoms with van der Waals surface area (Å²) in [5, 5.41) is 13.9. The van der Waals surface area contributed by atoms with E-state index in [1.807, 2.05) is 27.2 Å². The van der Waals surface area contributed by atoms with Crippen molar-refractivity contribution in [3.05, 3.63) is 72.9 Å². The molecule has 0 fully saturated rings. The van der Waals surface area contributed by atoms with Crippen LogP contribution in [0.25, 0.3) is 0 Å². The van der Waals surface area contributed by atoms with Crippen molar-refractivity contribution in [2.24, 2.45) is 0 Å². The van der Waals surface area contributed by atoms with Gasteiger partial charge in [-0.2, -0.15) is 0 Å². The van der Waals surface area contributed by atoms with Gasteiger partial charge in [-0.3, -0.25) is 9.36 Å². The van der Waals surface area contributed by atoms with Crippen LogP contribution in [0.3, 0.4) is 0 Å². The number of phosphoric ester groups is 1. The predicted molar refractivity (Wildman–Crippen MR) is 334 cm³/mol. The number of carbonyl (C=O) groups is 1. The van der Waals surface area contributed by atoms with Crippen LogP contribution in [-0.2, 0) is 18.4 Å². The Kier molecular flexibility index (Phi) is 57.0. The maximum Gasteiger partial charge on any atom is 0.268 e. The van der Waals surface area contributed by atoms with Gasteiger partial charge in [0.15, 0.2) is 0 Å². The first-order valence-electron chi connectivity index (χ1n) is 32.8. The Morgan fingerprint density at radius 3 is 1.21 bits per heavy atom. The third kappa shape index (κ3) is 61.4. The third-order valence-electron chi connectivity index (χ3n) is 14.7. The Hall–Kier alpha value is -2.06. The number of quaternary nitrogens is 1. The standard InChI is InChI=1S/C68H127N2O6P/c1-6-8-10-12-14-16-18-20-22-24-26-27-28-29-30-31-32-33-34-35-36-37-38-39-40-41-42-43-44-46-48-50-52-54-56-58-60-62-68(72)69-66(65-76-77(73,74)75-64-63-70(3,4)5)67(71)61-59-57-55-53-51-49-47-45-25-23-21-19-17-15-13-11-9-7-2/h8,10,14,16,20,22,26-27,51,53,59,61,66-67,71H,6-7,9,11-13,15,17-19,21,23-25,28-50,52,54-58,60,62-65H2,1-5H3,(H-,69,72,73,74)/b10-8-,16-14-,22-20-,27-26-,53-51+,61-59+. The molecular formula is C68H127N2O6P. The van der Waals surface area contributed by atoms with Crippen LogP contribution in [0.5, 0.6) is 0 Å². The van der Waals surface area contributed by atoms with E-state index in [1.54, 1.807) is 6.08 Å². The van der Waals surface area contributed by atoms with Gasteiger partial charge in [0, 0.05) is 6.42 Å². The molecule has 0 radical (unpaired) electrons. The van der Waals surface area contributed by atoms with E-state index >= 15 is 0 Å². The van der Waals surface area contributed by atoms with Crippen molar-refractivity contribution in [1.82, 2.24) is 5.32 Å². The Morgan fingerprint density at radius 2 is 0.805 bits per heavy atom. The second-order valence-electron chi connectivity index (χ2n) is 23.4. The first-order valence-corrected chi connectivity index (χ1v) is 34.3. The van der Waals surface area contributed by atoms with Crippen molar-refractivity contribution >= 4 is 13.7 Å². The fraction of sp³-hybridized carbons (Fsp3) is 0.809. The number of hydrogen-bond acceptors (Lipinski definition) is 6. The van der Waals surface area contributed by atoms with E-state index in [4.69, 9.17) is 9.05 Å². The van der Waals surface area contributed by atoms with Crippen LogP contribution in [0, 0.1) is 0 Å². The molecule has 8 nitrogen and oxygen atoms in total. The molecule has 0 heterocycles. The highest BCUT2D eigenvalue weighted by Crippen LogP contribution is 2.38. The van der Waals surface area contributed by atoms with E-state index in [-0.39, 0.29) is 12.5 Å². The second kappa shape index (κ2) is 58.6. The minimum atomic E-state index is -4.61. The van der Waals surface area contributed by atoms with Crippen LogP contribution >= 0.6 is 7.82 Å². The van der Waals surface area contributed by atoms with Crippen molar-refractivity contribution in [1.29, 1.82) is 0 Å². The minimum absolute atomic E-state index is 0.00617. The van der Waals surface area contributed by atoms with Gasteiger partial charge in [-0.1, -0.05) is 299 Å². The molecule has 77 heavy (non-hydrogen) atoms. The second-order valence-corrected chi connectivity index (χ2v) is 24.8. The quantitative estimate of drug-likeness (QED) is 0.0272. The van der Waals surface area contributed by atoms with E-state index in [0.717, 1.165) is 64.2 Å². The fourth-order valence-corrected chi connectivity index (χ4v) is 10.3. The summed E-state index contributed by atoms with van der Waals surface area (Å²) in [6.45, 7) is 4.54. The molecule has 3 atom stereocenters. The van der Waals surface area contributed by atoms with E-state index in [0.29, 0.717) is 17.4 Å². The van der Waals surface area contributed by atoms with Gasteiger partial charge in [0.2, 0.25) is 5.91 Å². The molecule has 0 aliphatic heterocycles. The van der Waals surface area contributed by atoms with Crippen LogP contribution in [0.2, 0.25) is 0 Å². The van der Waals surface area contributed by atoms with Crippen molar-refractivity contribution in [3.8, 4) is 0 Å². The molecule has 450 valence electrons. The highest BCUT2D eigenvalue weighted by molar-refractivity contribution is 7.45. The molecule has 0 rings (SSSR count). The zero-order valence-corrected chi connectivity index (χ0v) is 52.3. The average Bonchev–Trinajstić information content (AvgIpc) is 3.39. The molecule has 0 spiro atoms. The number of nitrogens with one attached hydrogen (secondary N) is 1. The van der Waals surface area contributed by atoms with Crippen molar-refractivity contribution in [2.45, 2.75) is 315 Å². The zero-order valence-electron chi connectivity index (χ0n) is 51.4. The number of rotatable bonds is 60. The van der Waals surface area contributed by atoms with Crippen molar-refractivity contribution in [3.63, 3.8) is 0 Å². The summed E-state index contributed by atoms with van der Waals surface area (Å²) in [5.74, 6) is -0.203. The lowest BCUT2D eigenvalue weighted by molar-refractivity contribution is -0.870. The molecule has 0 saturated carbocycles. The van der Waals surface area contributed by atoms with Gasteiger partial charge in [0.25, 0.3) is 7.82 Å². The number of aliphatic hydroxyl groups is 1. The summed E-state index contributed by atoms with van der Waals surface area (Å²) in [4.78, 5) is 25.5. The molecule has 0 aromatic rings. The summed E-state index contributed by atoms with van der Waals surface area (Å²) < 4.78 is 23.4. The van der Waals surface area contributed by atoms with Crippen LogP contribution in [0.4, 0.5) is 0 Å². The first kappa shape index (κ1) is 74.9. The number of unbranched alkanes of at least 4 members (excludes halogenated alkanes) is 37. The largest absolute Gasteiger partial charge is 0.756 e. The molecule has 0 aliphatic rings. The minimum Gasteiger partial charge on any atom is -0.756 e. The van der Waals surface area contributed by atoms with E-state index in [9.17, 15) is 19.4 Å². The molecule has 0 aromatic heterocycles. The van der Waals surface area contributed by atoms with E-state index in [2.05, 4.69) is 79.9 Å². The van der Waals surface area contributed by atoms with Gasteiger partial charge in [-0.25, -0.2) is 0 Å². The zero-order chi connectivity index (χ0) is 56.3. The van der Waals surface area contributed by atoms with Gasteiger partial charge in [-0.05, 0) is 70.6 Å². The number of carbonyl (C=O) groups excluding carboxylic acids is 1. The van der Waals surface area contributed by atoms with Crippen LogP contribution in [0.15, 0.2) is 72.9 Å². The topological polar surface area (TPSA) is 108 Å². The fourth-order valence-electron chi connectivity index (χ4n) is 9.58. The first-order chi connectivity index (χ1) is 37.5. The molecule has 1 amide bonds. The molecule has 9 heteroatoms. The van der Waals surface area contributed by atoms with Gasteiger partial charge in [-0.15, -0.1) is 0 Å². The van der Waals surface area contributed by atoms with Crippen LogP contribution in [0.1, 0.15) is 303 Å². The van der Waals surface area contributed by atoms with Crippen LogP contribution in [-0.4, -0.2) is 68.5 Å². The number of hydrogen-bond donors (Lipinski definition) is 2. The number of aliphatic hydroxyl groups excluding tert-OH is 1. The number of nitrogens with zero attached hydrogens (tertiary/aromatic N) is 1. The number of amides is 1. The van der Waals surface area contributed by atoms with Crippen molar-refractivity contribution < 1.29 is 32.9 Å². The molecule has 0 bridgehead atoms. The van der Waals surface area contributed by atoms with Gasteiger partial charge in [0.05, 0.1) is 39.9 Å². The summed E-state index contributed by atoms with van der Waals surface area (Å²) in [6.07, 6.45) is 81.6. The molecular weight excluding hydrogens is 972 g/mol. The highest BCUT2D eigenvalue weighted by atomic mass is 31.2. The molecule has 0 aliphatic carbocycles. The van der Waals surface area contributed by atoms with Crippen molar-refractivity contribution in [2.75, 3.05) is 40.9 Å². The van der Waals surface area contributed by atoms with Crippen LogP contribution < -0.4 is 10.2 Å². The maximum atomic E-state index is 13.0. The average molecular weight is 1100 g/mol. The molecule has 2 N–H and O–H groups in total. The third-order valence-corrected chi connectivity index (χ3v) is 15.6. The molecule has 3 unspecified atom stereocenters. The number of allylic oxidation sites excluding steroid dienone is 11. The van der Waals surface area contributed by atoms with Gasteiger partial charge < -0.3 is 28.8 Å². The lowest BCUT2D eigenvalue weighted by Gasteiger charge is -2.29. The summed E-state index contributed by atoms with van der Waals surface area (Å²) in [7, 11) is 1.25. The summed E-state index contributed by atoms with van der Waals surface area (Å²) in [5.41, 5.74) is 0. The summed E-state index contributed by atoms with van der Waals surface area (Å²) in [6, 6.07) is -0.904. The Bertz CT molecular complexity index is 1480. The van der Waals surface area contributed by atoms with E-state index in [1.165, 1.54) is 218 Å².